The molecule has 1 heterocycles. The smallest absolute Gasteiger partial charge is 0.338 e. The molecule has 1 aliphatic rings. The number of benzene rings is 2. The molecule has 0 bridgehead atoms. The standard InChI is InChI=1S/C23H29N3O3/c1-3-29-22(27)19-10-7-11-20(16-19)26(2)23(28)25-21-15-18(12-13-24-21)14-17-8-5-4-6-9-17/h4-11,16,18,21,24H,3,12-15H2,1-2H3,(H,25,28)/t18-,21-/m1/s1. The molecule has 1 aliphatic heterocycles. The number of piperidine rings is 1. The fourth-order valence-electron chi connectivity index (χ4n) is 3.66. The van der Waals surface area contributed by atoms with Crippen molar-refractivity contribution in [2.24, 2.45) is 5.92 Å². The normalized spacial score (nSPS) is 18.7. The Morgan fingerprint density at radius 3 is 2.72 bits per heavy atom. The van der Waals surface area contributed by atoms with E-state index in [4.69, 9.17) is 4.74 Å². The van der Waals surface area contributed by atoms with Crippen LogP contribution in [0.4, 0.5) is 10.5 Å². The number of carbonyl (C=O) groups excluding carboxylic acids is 2. The number of anilines is 1. The van der Waals surface area contributed by atoms with E-state index in [0.29, 0.717) is 23.8 Å². The maximum absolute atomic E-state index is 12.7. The van der Waals surface area contributed by atoms with Crippen molar-refractivity contribution in [1.29, 1.82) is 0 Å². The predicted octanol–water partition coefficient (Wildman–Crippen LogP) is 3.58. The molecule has 1 fully saturated rings. The summed E-state index contributed by atoms with van der Waals surface area (Å²) < 4.78 is 5.04. The highest BCUT2D eigenvalue weighted by molar-refractivity contribution is 5.95. The Kier molecular flexibility index (Phi) is 7.25. The fraction of sp³-hybridized carbons (Fsp3) is 0.391. The third-order valence-electron chi connectivity index (χ3n) is 5.23. The van der Waals surface area contributed by atoms with Gasteiger partial charge < -0.3 is 10.1 Å². The zero-order chi connectivity index (χ0) is 20.6. The van der Waals surface area contributed by atoms with Gasteiger partial charge in [-0.05, 0) is 62.4 Å². The van der Waals surface area contributed by atoms with Gasteiger partial charge in [-0.2, -0.15) is 0 Å². The molecule has 0 saturated carbocycles. The number of amides is 2. The first-order valence-corrected chi connectivity index (χ1v) is 10.2. The number of ether oxygens (including phenoxy) is 1. The Morgan fingerprint density at radius 1 is 1.17 bits per heavy atom. The summed E-state index contributed by atoms with van der Waals surface area (Å²) in [6.07, 6.45) is 2.93. The van der Waals surface area contributed by atoms with E-state index in [2.05, 4.69) is 34.9 Å². The highest BCUT2D eigenvalue weighted by atomic mass is 16.5. The second-order valence-corrected chi connectivity index (χ2v) is 7.37. The number of carbonyl (C=O) groups is 2. The lowest BCUT2D eigenvalue weighted by Crippen LogP contribution is -2.53. The minimum absolute atomic E-state index is 0.0688. The molecule has 0 radical (unpaired) electrons. The monoisotopic (exact) mass is 395 g/mol. The SMILES string of the molecule is CCOC(=O)c1cccc(N(C)C(=O)N[C@@H]2C[C@@H](Cc3ccccc3)CCN2)c1. The topological polar surface area (TPSA) is 70.7 Å². The van der Waals surface area contributed by atoms with E-state index in [9.17, 15) is 9.59 Å². The van der Waals surface area contributed by atoms with E-state index in [0.717, 1.165) is 25.8 Å². The van der Waals surface area contributed by atoms with E-state index < -0.39 is 0 Å². The van der Waals surface area contributed by atoms with Gasteiger partial charge >= 0.3 is 12.0 Å². The molecule has 2 amide bonds. The molecule has 6 heteroatoms. The number of esters is 1. The van der Waals surface area contributed by atoms with E-state index >= 15 is 0 Å². The molecule has 6 nitrogen and oxygen atoms in total. The van der Waals surface area contributed by atoms with Crippen LogP contribution in [0, 0.1) is 5.92 Å². The summed E-state index contributed by atoms with van der Waals surface area (Å²) in [5, 5.41) is 6.45. The van der Waals surface area contributed by atoms with Crippen molar-refractivity contribution in [3.05, 3.63) is 65.7 Å². The summed E-state index contributed by atoms with van der Waals surface area (Å²) in [5.41, 5.74) is 2.41. The summed E-state index contributed by atoms with van der Waals surface area (Å²) in [6.45, 7) is 2.96. The van der Waals surface area contributed by atoms with Crippen molar-refractivity contribution >= 4 is 17.7 Å². The minimum Gasteiger partial charge on any atom is -0.462 e. The summed E-state index contributed by atoms with van der Waals surface area (Å²) >= 11 is 0. The quantitative estimate of drug-likeness (QED) is 0.734. The summed E-state index contributed by atoms with van der Waals surface area (Å²) in [6, 6.07) is 17.2. The fourth-order valence-corrected chi connectivity index (χ4v) is 3.66. The zero-order valence-electron chi connectivity index (χ0n) is 17.1. The Bertz CT molecular complexity index is 825. The van der Waals surface area contributed by atoms with Crippen LogP contribution in [0.1, 0.15) is 35.7 Å². The van der Waals surface area contributed by atoms with Crippen LogP contribution < -0.4 is 15.5 Å². The van der Waals surface area contributed by atoms with Gasteiger partial charge in [-0.15, -0.1) is 0 Å². The summed E-state index contributed by atoms with van der Waals surface area (Å²) in [7, 11) is 1.70. The van der Waals surface area contributed by atoms with Crippen molar-refractivity contribution in [2.45, 2.75) is 32.4 Å². The third-order valence-corrected chi connectivity index (χ3v) is 5.23. The zero-order valence-corrected chi connectivity index (χ0v) is 17.1. The molecule has 2 aromatic carbocycles. The van der Waals surface area contributed by atoms with Gasteiger partial charge in [-0.1, -0.05) is 36.4 Å². The van der Waals surface area contributed by atoms with Crippen molar-refractivity contribution < 1.29 is 14.3 Å². The van der Waals surface area contributed by atoms with Crippen molar-refractivity contribution in [2.75, 3.05) is 25.1 Å². The van der Waals surface area contributed by atoms with Gasteiger partial charge in [0.1, 0.15) is 0 Å². The summed E-state index contributed by atoms with van der Waals surface area (Å²) in [5.74, 6) is 0.141. The molecule has 0 spiro atoms. The van der Waals surface area contributed by atoms with Crippen LogP contribution >= 0.6 is 0 Å². The Morgan fingerprint density at radius 2 is 1.97 bits per heavy atom. The van der Waals surface area contributed by atoms with Gasteiger partial charge in [0, 0.05) is 12.7 Å². The molecule has 0 aromatic heterocycles. The minimum atomic E-state index is -0.388. The predicted molar refractivity (Wildman–Crippen MR) is 114 cm³/mol. The molecule has 2 atom stereocenters. The van der Waals surface area contributed by atoms with Gasteiger partial charge in [0.2, 0.25) is 0 Å². The average Bonchev–Trinajstić information content (AvgIpc) is 2.74. The highest BCUT2D eigenvalue weighted by Gasteiger charge is 2.24. The van der Waals surface area contributed by atoms with E-state index in [1.54, 1.807) is 38.2 Å². The van der Waals surface area contributed by atoms with Gasteiger partial charge in [-0.3, -0.25) is 10.2 Å². The average molecular weight is 396 g/mol. The third kappa shape index (κ3) is 5.81. The van der Waals surface area contributed by atoms with Crippen LogP contribution in [0.15, 0.2) is 54.6 Å². The maximum atomic E-state index is 12.7. The molecular formula is C23H29N3O3. The number of hydrogen-bond donors (Lipinski definition) is 2. The van der Waals surface area contributed by atoms with E-state index in [1.807, 2.05) is 6.07 Å². The van der Waals surface area contributed by atoms with Gasteiger partial charge in [0.05, 0.1) is 18.3 Å². The summed E-state index contributed by atoms with van der Waals surface area (Å²) in [4.78, 5) is 26.2. The molecule has 3 rings (SSSR count). The second-order valence-electron chi connectivity index (χ2n) is 7.37. The largest absolute Gasteiger partial charge is 0.462 e. The lowest BCUT2D eigenvalue weighted by atomic mass is 9.89. The van der Waals surface area contributed by atoms with Crippen LogP contribution in [-0.4, -0.2) is 38.4 Å². The molecule has 0 unspecified atom stereocenters. The van der Waals surface area contributed by atoms with Crippen LogP contribution in [0.2, 0.25) is 0 Å². The number of nitrogens with zero attached hydrogens (tertiary/aromatic N) is 1. The van der Waals surface area contributed by atoms with Crippen LogP contribution in [-0.2, 0) is 11.2 Å². The van der Waals surface area contributed by atoms with Crippen LogP contribution in [0.5, 0.6) is 0 Å². The first-order valence-electron chi connectivity index (χ1n) is 10.2. The van der Waals surface area contributed by atoms with Crippen molar-refractivity contribution in [3.8, 4) is 0 Å². The van der Waals surface area contributed by atoms with E-state index in [1.165, 1.54) is 10.5 Å². The van der Waals surface area contributed by atoms with Crippen molar-refractivity contribution in [1.82, 2.24) is 10.6 Å². The maximum Gasteiger partial charge on any atom is 0.338 e. The Labute approximate surface area is 172 Å². The molecule has 154 valence electrons. The first-order chi connectivity index (χ1) is 14.1. The molecular weight excluding hydrogens is 366 g/mol. The lowest BCUT2D eigenvalue weighted by Gasteiger charge is -2.32. The second kappa shape index (κ2) is 10.1. The highest BCUT2D eigenvalue weighted by Crippen LogP contribution is 2.21. The molecule has 1 saturated heterocycles. The molecule has 2 N–H and O–H groups in total. The molecule has 0 aliphatic carbocycles. The Balaban J connectivity index is 1.57. The number of nitrogens with one attached hydrogen (secondary N) is 2. The number of hydrogen-bond acceptors (Lipinski definition) is 4. The lowest BCUT2D eigenvalue weighted by molar-refractivity contribution is 0.0526. The van der Waals surface area contributed by atoms with Gasteiger partial charge in [-0.25, -0.2) is 9.59 Å². The van der Waals surface area contributed by atoms with E-state index in [-0.39, 0.29) is 18.2 Å². The molecule has 29 heavy (non-hydrogen) atoms. The Hall–Kier alpha value is -2.86. The number of rotatable bonds is 6. The van der Waals surface area contributed by atoms with Gasteiger partial charge in [0.15, 0.2) is 0 Å². The van der Waals surface area contributed by atoms with Crippen LogP contribution in [0.3, 0.4) is 0 Å². The van der Waals surface area contributed by atoms with Crippen molar-refractivity contribution in [3.63, 3.8) is 0 Å². The first kappa shape index (κ1) is 20.9. The van der Waals surface area contributed by atoms with Crippen LogP contribution in [0.25, 0.3) is 0 Å². The molecule has 2 aromatic rings. The number of urea groups is 1. The van der Waals surface area contributed by atoms with Gasteiger partial charge in [0.25, 0.3) is 0 Å².